The summed E-state index contributed by atoms with van der Waals surface area (Å²) in [5.74, 6) is 1.10. The van der Waals surface area contributed by atoms with Gasteiger partial charge in [0.25, 0.3) is 5.91 Å². The molecule has 0 spiro atoms. The summed E-state index contributed by atoms with van der Waals surface area (Å²) in [5.41, 5.74) is 2.43. The number of thiophene rings is 1. The molecular weight excluding hydrogens is 336 g/mol. The number of aryl methyl sites for hydroxylation is 3. The van der Waals surface area contributed by atoms with Crippen LogP contribution in [-0.4, -0.2) is 22.5 Å². The number of hydrogen-bond acceptors (Lipinski definition) is 6. The van der Waals surface area contributed by atoms with E-state index in [0.717, 1.165) is 21.5 Å². The molecule has 25 heavy (non-hydrogen) atoms. The van der Waals surface area contributed by atoms with Crippen LogP contribution in [0.3, 0.4) is 0 Å². The van der Waals surface area contributed by atoms with E-state index in [1.54, 1.807) is 24.3 Å². The highest BCUT2D eigenvalue weighted by molar-refractivity contribution is 7.20. The summed E-state index contributed by atoms with van der Waals surface area (Å²) in [5, 5.41) is 12.3. The Morgan fingerprint density at radius 1 is 1.24 bits per heavy atom. The molecule has 0 aliphatic heterocycles. The summed E-state index contributed by atoms with van der Waals surface area (Å²) >= 11 is 1.37. The molecule has 0 saturated heterocycles. The Balaban J connectivity index is 1.84. The van der Waals surface area contributed by atoms with Crippen molar-refractivity contribution in [1.82, 2.24) is 9.97 Å². The van der Waals surface area contributed by atoms with Gasteiger partial charge in [0.15, 0.2) is 6.61 Å². The van der Waals surface area contributed by atoms with Crippen molar-refractivity contribution in [3.63, 3.8) is 0 Å². The SMILES string of the molecule is Cc1nc(C)c2c(C)c(C(=O)Nc3ccc(OCC#N)cc3)sc2n1. The summed E-state index contributed by atoms with van der Waals surface area (Å²) in [6, 6.07) is 8.81. The monoisotopic (exact) mass is 352 g/mol. The van der Waals surface area contributed by atoms with E-state index in [1.165, 1.54) is 11.3 Å². The normalized spacial score (nSPS) is 10.5. The van der Waals surface area contributed by atoms with Crippen LogP contribution in [0.15, 0.2) is 24.3 Å². The van der Waals surface area contributed by atoms with Crippen molar-refractivity contribution >= 4 is 33.1 Å². The number of rotatable bonds is 4. The zero-order valence-electron chi connectivity index (χ0n) is 14.1. The minimum absolute atomic E-state index is 0.00745. The van der Waals surface area contributed by atoms with Gasteiger partial charge in [-0.25, -0.2) is 9.97 Å². The van der Waals surface area contributed by atoms with Gasteiger partial charge in [0, 0.05) is 16.8 Å². The van der Waals surface area contributed by atoms with Gasteiger partial charge in [0.1, 0.15) is 22.5 Å². The second-order valence-electron chi connectivity index (χ2n) is 5.52. The van der Waals surface area contributed by atoms with Gasteiger partial charge in [-0.1, -0.05) is 0 Å². The van der Waals surface area contributed by atoms with E-state index in [1.807, 2.05) is 26.8 Å². The molecule has 0 aliphatic carbocycles. The van der Waals surface area contributed by atoms with Gasteiger partial charge in [0.2, 0.25) is 0 Å². The lowest BCUT2D eigenvalue weighted by Gasteiger charge is -2.06. The van der Waals surface area contributed by atoms with Crippen molar-refractivity contribution < 1.29 is 9.53 Å². The first-order valence-corrected chi connectivity index (χ1v) is 8.46. The van der Waals surface area contributed by atoms with Gasteiger partial charge in [0.05, 0.1) is 4.88 Å². The first kappa shape index (κ1) is 16.9. The molecule has 0 bridgehead atoms. The number of carbonyl (C=O) groups is 1. The number of aromatic nitrogens is 2. The Bertz CT molecular complexity index is 987. The maximum absolute atomic E-state index is 12.6. The summed E-state index contributed by atoms with van der Waals surface area (Å²) in [7, 11) is 0. The first-order valence-electron chi connectivity index (χ1n) is 7.65. The second kappa shape index (κ2) is 6.87. The number of nitrogens with one attached hydrogen (secondary N) is 1. The Kier molecular flexibility index (Phi) is 4.63. The molecule has 0 aliphatic rings. The summed E-state index contributed by atoms with van der Waals surface area (Å²) in [6.45, 7) is 5.68. The van der Waals surface area contributed by atoms with Gasteiger partial charge in [-0.15, -0.1) is 11.3 Å². The third-order valence-corrected chi connectivity index (χ3v) is 4.89. The zero-order chi connectivity index (χ0) is 18.0. The molecule has 3 aromatic rings. The number of hydrogen-bond donors (Lipinski definition) is 1. The highest BCUT2D eigenvalue weighted by Crippen LogP contribution is 2.31. The number of nitriles is 1. The molecule has 1 amide bonds. The van der Waals surface area contributed by atoms with Crippen LogP contribution in [0.4, 0.5) is 5.69 Å². The van der Waals surface area contributed by atoms with Gasteiger partial charge < -0.3 is 10.1 Å². The molecule has 0 radical (unpaired) electrons. The zero-order valence-corrected chi connectivity index (χ0v) is 14.9. The van der Waals surface area contributed by atoms with Crippen LogP contribution in [0.25, 0.3) is 10.2 Å². The molecule has 2 heterocycles. The van der Waals surface area contributed by atoms with E-state index in [0.29, 0.717) is 22.1 Å². The van der Waals surface area contributed by atoms with Crippen LogP contribution in [0, 0.1) is 32.1 Å². The van der Waals surface area contributed by atoms with E-state index >= 15 is 0 Å². The number of anilines is 1. The standard InChI is InChI=1S/C18H16N4O2S/c1-10-15-11(2)20-12(3)21-18(15)25-16(10)17(23)22-13-4-6-14(7-5-13)24-9-8-19/h4-7H,9H2,1-3H3,(H,22,23). The quantitative estimate of drug-likeness (QED) is 0.772. The largest absolute Gasteiger partial charge is 0.479 e. The molecule has 1 N–H and O–H groups in total. The van der Waals surface area contributed by atoms with E-state index < -0.39 is 0 Å². The number of nitrogens with zero attached hydrogens (tertiary/aromatic N) is 3. The van der Waals surface area contributed by atoms with Crippen LogP contribution in [0.1, 0.15) is 26.8 Å². The summed E-state index contributed by atoms with van der Waals surface area (Å²) in [6.07, 6.45) is 0. The van der Waals surface area contributed by atoms with Crippen molar-refractivity contribution in [2.45, 2.75) is 20.8 Å². The van der Waals surface area contributed by atoms with E-state index in [9.17, 15) is 4.79 Å². The Morgan fingerprint density at radius 3 is 2.64 bits per heavy atom. The van der Waals surface area contributed by atoms with Gasteiger partial charge >= 0.3 is 0 Å². The number of amides is 1. The van der Waals surface area contributed by atoms with E-state index in [2.05, 4.69) is 15.3 Å². The number of carbonyl (C=O) groups excluding carboxylic acids is 1. The lowest BCUT2D eigenvalue weighted by Crippen LogP contribution is -2.11. The fourth-order valence-corrected chi connectivity index (χ4v) is 3.80. The van der Waals surface area contributed by atoms with Gasteiger partial charge in [-0.2, -0.15) is 5.26 Å². The third-order valence-electron chi connectivity index (χ3n) is 3.70. The molecule has 3 rings (SSSR count). The average molecular weight is 352 g/mol. The molecule has 0 fully saturated rings. The highest BCUT2D eigenvalue weighted by Gasteiger charge is 2.18. The molecule has 1 aromatic carbocycles. The average Bonchev–Trinajstić information content (AvgIpc) is 2.91. The van der Waals surface area contributed by atoms with E-state index in [4.69, 9.17) is 10.00 Å². The molecule has 7 heteroatoms. The van der Waals surface area contributed by atoms with Crippen LogP contribution in [0.5, 0.6) is 5.75 Å². The fraction of sp³-hybridized carbons (Fsp3) is 0.222. The van der Waals surface area contributed by atoms with Crippen LogP contribution >= 0.6 is 11.3 Å². The molecule has 0 atom stereocenters. The number of benzene rings is 1. The Morgan fingerprint density at radius 2 is 1.96 bits per heavy atom. The lowest BCUT2D eigenvalue weighted by molar-refractivity contribution is 0.103. The number of ether oxygens (including phenoxy) is 1. The molecule has 126 valence electrons. The predicted octanol–water partition coefficient (Wildman–Crippen LogP) is 3.77. The molecule has 0 saturated carbocycles. The topological polar surface area (TPSA) is 87.9 Å². The first-order chi connectivity index (χ1) is 12.0. The Hall–Kier alpha value is -2.98. The molecular formula is C18H16N4O2S. The predicted molar refractivity (Wildman–Crippen MR) is 97.1 cm³/mol. The molecule has 6 nitrogen and oxygen atoms in total. The molecule has 0 unspecified atom stereocenters. The van der Waals surface area contributed by atoms with Gasteiger partial charge in [-0.05, 0) is 50.6 Å². The smallest absolute Gasteiger partial charge is 0.266 e. The van der Waals surface area contributed by atoms with E-state index in [-0.39, 0.29) is 12.5 Å². The van der Waals surface area contributed by atoms with Crippen molar-refractivity contribution in [3.8, 4) is 11.8 Å². The fourth-order valence-electron chi connectivity index (χ4n) is 2.63. The summed E-state index contributed by atoms with van der Waals surface area (Å²) < 4.78 is 5.20. The van der Waals surface area contributed by atoms with Crippen molar-refractivity contribution in [3.05, 3.63) is 46.2 Å². The maximum Gasteiger partial charge on any atom is 0.266 e. The van der Waals surface area contributed by atoms with Gasteiger partial charge in [-0.3, -0.25) is 4.79 Å². The Labute approximate surface area is 149 Å². The van der Waals surface area contributed by atoms with Crippen LogP contribution < -0.4 is 10.1 Å². The summed E-state index contributed by atoms with van der Waals surface area (Å²) in [4.78, 5) is 22.9. The maximum atomic E-state index is 12.6. The van der Waals surface area contributed by atoms with Crippen LogP contribution in [0.2, 0.25) is 0 Å². The lowest BCUT2D eigenvalue weighted by atomic mass is 10.1. The van der Waals surface area contributed by atoms with Crippen molar-refractivity contribution in [2.75, 3.05) is 11.9 Å². The molecule has 2 aromatic heterocycles. The minimum Gasteiger partial charge on any atom is -0.479 e. The van der Waals surface area contributed by atoms with Crippen molar-refractivity contribution in [1.29, 1.82) is 5.26 Å². The number of fused-ring (bicyclic) bond motifs is 1. The minimum atomic E-state index is -0.178. The second-order valence-corrected chi connectivity index (χ2v) is 6.52. The third kappa shape index (κ3) is 3.44. The van der Waals surface area contributed by atoms with Crippen LogP contribution in [-0.2, 0) is 0 Å². The highest BCUT2D eigenvalue weighted by atomic mass is 32.1. The van der Waals surface area contributed by atoms with Crippen molar-refractivity contribution in [2.24, 2.45) is 0 Å².